The first-order valence-electron chi connectivity index (χ1n) is 15.9. The third kappa shape index (κ3) is 3.43. The van der Waals surface area contributed by atoms with Gasteiger partial charge in [-0.25, -0.2) is 0 Å². The Morgan fingerprint density at radius 3 is 1.71 bits per heavy atom. The van der Waals surface area contributed by atoms with Crippen molar-refractivity contribution in [2.75, 3.05) is 0 Å². The molecule has 210 valence electrons. The van der Waals surface area contributed by atoms with Crippen LogP contribution in [0.15, 0.2) is 146 Å². The zero-order chi connectivity index (χ0) is 29.9. The molecule has 0 N–H and O–H groups in total. The zero-order valence-corrected chi connectivity index (χ0v) is 25.4. The molecule has 1 aliphatic rings. The number of rotatable bonds is 2. The van der Waals surface area contributed by atoms with Crippen LogP contribution >= 0.6 is 0 Å². The minimum absolute atomic E-state index is 0.133. The van der Waals surface area contributed by atoms with Crippen molar-refractivity contribution < 1.29 is 0 Å². The van der Waals surface area contributed by atoms with Crippen molar-refractivity contribution in [3.63, 3.8) is 0 Å². The number of benzene rings is 9. The number of hydrogen-bond acceptors (Lipinski definition) is 0. The van der Waals surface area contributed by atoms with Crippen LogP contribution in [-0.2, 0) is 5.41 Å². The Morgan fingerprint density at radius 2 is 0.933 bits per heavy atom. The minimum atomic E-state index is -0.133. The van der Waals surface area contributed by atoms with E-state index in [0.29, 0.717) is 0 Å². The summed E-state index contributed by atoms with van der Waals surface area (Å²) in [4.78, 5) is 0. The van der Waals surface area contributed by atoms with Crippen LogP contribution in [-0.4, -0.2) is 0 Å². The molecule has 10 rings (SSSR count). The number of hydrogen-bond donors (Lipinski definition) is 0. The van der Waals surface area contributed by atoms with Gasteiger partial charge in [-0.3, -0.25) is 0 Å². The maximum Gasteiger partial charge on any atom is 0.0159 e. The second kappa shape index (κ2) is 8.80. The van der Waals surface area contributed by atoms with E-state index in [0.717, 1.165) is 0 Å². The Balaban J connectivity index is 1.21. The van der Waals surface area contributed by atoms with E-state index in [1.165, 1.54) is 98.4 Å². The standard InChI is InChI=1S/C45H30/c1-45(2)39-25-31(36-23-33-18-15-28-11-7-12-29-16-19-34(24-36)42(33)41(28)29)20-21-38(39)44-40(45)26-32-10-5-6-13-37(32)43(44)35-17-14-27-8-3-4-9-30(27)22-35/h3-26H,1-2H3. The molecule has 9 aromatic rings. The molecule has 9 aromatic carbocycles. The molecular weight excluding hydrogens is 540 g/mol. The molecule has 0 saturated heterocycles. The Bertz CT molecular complexity index is 2600. The highest BCUT2D eigenvalue weighted by Crippen LogP contribution is 2.55. The van der Waals surface area contributed by atoms with Gasteiger partial charge < -0.3 is 0 Å². The highest BCUT2D eigenvalue weighted by molar-refractivity contribution is 6.23. The Hall–Kier alpha value is -5.46. The predicted octanol–water partition coefficient (Wildman–Crippen LogP) is 12.5. The van der Waals surface area contributed by atoms with Gasteiger partial charge >= 0.3 is 0 Å². The van der Waals surface area contributed by atoms with Gasteiger partial charge in [0.2, 0.25) is 0 Å². The van der Waals surface area contributed by atoms with Crippen molar-refractivity contribution in [1.29, 1.82) is 0 Å². The molecule has 0 spiro atoms. The lowest BCUT2D eigenvalue weighted by Gasteiger charge is -2.23. The normalized spacial score (nSPS) is 13.7. The van der Waals surface area contributed by atoms with Crippen molar-refractivity contribution in [2.24, 2.45) is 0 Å². The van der Waals surface area contributed by atoms with E-state index in [-0.39, 0.29) is 5.41 Å². The lowest BCUT2D eigenvalue weighted by Crippen LogP contribution is -2.15. The lowest BCUT2D eigenvalue weighted by atomic mass is 9.80. The molecule has 0 heterocycles. The fourth-order valence-electron chi connectivity index (χ4n) is 8.29. The largest absolute Gasteiger partial charge is 0.0616 e. The van der Waals surface area contributed by atoms with Crippen LogP contribution in [0.4, 0.5) is 0 Å². The van der Waals surface area contributed by atoms with Crippen molar-refractivity contribution in [3.8, 4) is 33.4 Å². The molecule has 1 aliphatic carbocycles. The second-order valence-electron chi connectivity index (χ2n) is 13.4. The molecule has 0 saturated carbocycles. The molecule has 0 atom stereocenters. The molecule has 0 fully saturated rings. The average Bonchev–Trinajstić information content (AvgIpc) is 3.31. The van der Waals surface area contributed by atoms with Crippen LogP contribution in [0.2, 0.25) is 0 Å². The first kappa shape index (κ1) is 24.9. The summed E-state index contributed by atoms with van der Waals surface area (Å²) in [6, 6.07) is 54.7. The van der Waals surface area contributed by atoms with Crippen LogP contribution < -0.4 is 0 Å². The van der Waals surface area contributed by atoms with Crippen LogP contribution in [0.1, 0.15) is 25.0 Å². The van der Waals surface area contributed by atoms with E-state index >= 15 is 0 Å². The van der Waals surface area contributed by atoms with Crippen LogP contribution in [0.25, 0.3) is 87.2 Å². The molecule has 0 radical (unpaired) electrons. The summed E-state index contributed by atoms with van der Waals surface area (Å²) < 4.78 is 0. The van der Waals surface area contributed by atoms with Gasteiger partial charge in [0, 0.05) is 5.41 Å². The molecule has 0 heteroatoms. The molecule has 0 unspecified atom stereocenters. The van der Waals surface area contributed by atoms with E-state index in [2.05, 4.69) is 159 Å². The van der Waals surface area contributed by atoms with Crippen LogP contribution in [0, 0.1) is 0 Å². The molecule has 0 aliphatic heterocycles. The van der Waals surface area contributed by atoms with Gasteiger partial charge in [0.05, 0.1) is 0 Å². The van der Waals surface area contributed by atoms with Crippen molar-refractivity contribution in [3.05, 3.63) is 157 Å². The Kier molecular flexibility index (Phi) is 4.88. The second-order valence-corrected chi connectivity index (χ2v) is 13.4. The summed E-state index contributed by atoms with van der Waals surface area (Å²) in [5.74, 6) is 0. The first-order valence-corrected chi connectivity index (χ1v) is 15.9. The van der Waals surface area contributed by atoms with Gasteiger partial charge in [0.1, 0.15) is 0 Å². The van der Waals surface area contributed by atoms with Crippen molar-refractivity contribution in [1.82, 2.24) is 0 Å². The summed E-state index contributed by atoms with van der Waals surface area (Å²) in [7, 11) is 0. The molecule has 0 nitrogen and oxygen atoms in total. The predicted molar refractivity (Wildman–Crippen MR) is 194 cm³/mol. The molecule has 0 aromatic heterocycles. The van der Waals surface area contributed by atoms with Gasteiger partial charge in [0.15, 0.2) is 0 Å². The molecule has 0 amide bonds. The van der Waals surface area contributed by atoms with Crippen LogP contribution in [0.5, 0.6) is 0 Å². The Labute approximate surface area is 262 Å². The molecule has 45 heavy (non-hydrogen) atoms. The monoisotopic (exact) mass is 570 g/mol. The van der Waals surface area contributed by atoms with Crippen molar-refractivity contribution >= 4 is 53.9 Å². The summed E-state index contributed by atoms with van der Waals surface area (Å²) >= 11 is 0. The topological polar surface area (TPSA) is 0 Å². The van der Waals surface area contributed by atoms with Gasteiger partial charge in [-0.1, -0.05) is 129 Å². The highest BCUT2D eigenvalue weighted by Gasteiger charge is 2.38. The maximum atomic E-state index is 2.47. The number of fused-ring (bicyclic) bond motifs is 5. The van der Waals surface area contributed by atoms with E-state index in [1.54, 1.807) is 0 Å². The van der Waals surface area contributed by atoms with E-state index in [9.17, 15) is 0 Å². The Morgan fingerprint density at radius 1 is 0.356 bits per heavy atom. The van der Waals surface area contributed by atoms with E-state index in [4.69, 9.17) is 0 Å². The minimum Gasteiger partial charge on any atom is -0.0616 e. The fourth-order valence-corrected chi connectivity index (χ4v) is 8.29. The maximum absolute atomic E-state index is 2.47. The summed E-state index contributed by atoms with van der Waals surface area (Å²) in [5.41, 5.74) is 10.6. The van der Waals surface area contributed by atoms with E-state index in [1.807, 2.05) is 0 Å². The SMILES string of the molecule is CC1(C)c2cc(-c3cc4ccc5cccc6ccc(c3)c4c56)ccc2-c2c1cc1ccccc1c2-c1ccc2ccccc2c1. The average molecular weight is 571 g/mol. The van der Waals surface area contributed by atoms with Gasteiger partial charge in [0.25, 0.3) is 0 Å². The molecule has 0 bridgehead atoms. The summed E-state index contributed by atoms with van der Waals surface area (Å²) in [6.45, 7) is 4.81. The fraction of sp³-hybridized carbons (Fsp3) is 0.0667. The molecular formula is C45H30. The van der Waals surface area contributed by atoms with Gasteiger partial charge in [-0.2, -0.15) is 0 Å². The van der Waals surface area contributed by atoms with Gasteiger partial charge in [-0.15, -0.1) is 0 Å². The first-order chi connectivity index (χ1) is 22.0. The van der Waals surface area contributed by atoms with Crippen molar-refractivity contribution in [2.45, 2.75) is 19.3 Å². The third-order valence-corrected chi connectivity index (χ3v) is 10.5. The van der Waals surface area contributed by atoms with Gasteiger partial charge in [-0.05, 0) is 129 Å². The lowest BCUT2D eigenvalue weighted by molar-refractivity contribution is 0.661. The summed E-state index contributed by atoms with van der Waals surface area (Å²) in [5, 5.41) is 13.1. The summed E-state index contributed by atoms with van der Waals surface area (Å²) in [6.07, 6.45) is 0. The smallest absolute Gasteiger partial charge is 0.0159 e. The zero-order valence-electron chi connectivity index (χ0n) is 25.4. The van der Waals surface area contributed by atoms with E-state index < -0.39 is 0 Å². The highest BCUT2D eigenvalue weighted by atomic mass is 14.4. The third-order valence-electron chi connectivity index (χ3n) is 10.5. The quantitative estimate of drug-likeness (QED) is 0.181. The van der Waals surface area contributed by atoms with Crippen LogP contribution in [0.3, 0.4) is 0 Å².